The Morgan fingerprint density at radius 3 is 2.30 bits per heavy atom. The van der Waals surface area contributed by atoms with E-state index in [1.54, 1.807) is 7.11 Å². The lowest BCUT2D eigenvalue weighted by Gasteiger charge is -2.36. The number of nitrogens with one attached hydrogen (secondary N) is 1. The zero-order chi connectivity index (χ0) is 19.2. The number of carbonyl (C=O) groups excluding carboxylic acids is 1. The Bertz CT molecular complexity index is 741. The molecule has 1 N–H and O–H groups in total. The Kier molecular flexibility index (Phi) is 6.58. The molecule has 0 saturated carbocycles. The van der Waals surface area contributed by atoms with Gasteiger partial charge in [0.1, 0.15) is 5.75 Å². The Labute approximate surface area is 165 Å². The largest absolute Gasteiger partial charge is 0.497 e. The highest BCUT2D eigenvalue weighted by molar-refractivity contribution is 6.30. The fourth-order valence-corrected chi connectivity index (χ4v) is 3.41. The first-order valence-corrected chi connectivity index (χ1v) is 9.59. The standard InChI is InChI=1S/C21H26ClN3O2/c1-16(17-3-5-18(22)6-4-17)23-21(26)15-24-11-13-25(14-12-24)19-7-9-20(27-2)10-8-19/h3-10,16H,11-15H2,1-2H3,(H,23,26)/t16-/m1/s1. The number of ether oxygens (including phenoxy) is 1. The van der Waals surface area contributed by atoms with Crippen LogP contribution in [0.15, 0.2) is 48.5 Å². The molecule has 0 unspecified atom stereocenters. The van der Waals surface area contributed by atoms with Gasteiger partial charge in [-0.3, -0.25) is 9.69 Å². The molecule has 2 aromatic carbocycles. The third-order valence-electron chi connectivity index (χ3n) is 4.92. The summed E-state index contributed by atoms with van der Waals surface area (Å²) < 4.78 is 5.21. The molecule has 3 rings (SSSR count). The Hall–Kier alpha value is -2.24. The number of anilines is 1. The zero-order valence-corrected chi connectivity index (χ0v) is 16.6. The predicted molar refractivity (Wildman–Crippen MR) is 110 cm³/mol. The summed E-state index contributed by atoms with van der Waals surface area (Å²) in [6.45, 7) is 5.97. The van der Waals surface area contributed by atoms with E-state index in [-0.39, 0.29) is 11.9 Å². The van der Waals surface area contributed by atoms with Crippen molar-refractivity contribution in [3.63, 3.8) is 0 Å². The van der Waals surface area contributed by atoms with Gasteiger partial charge in [0, 0.05) is 36.9 Å². The number of halogens is 1. The summed E-state index contributed by atoms with van der Waals surface area (Å²) in [5.41, 5.74) is 2.24. The summed E-state index contributed by atoms with van der Waals surface area (Å²) in [5, 5.41) is 3.77. The average molecular weight is 388 g/mol. The summed E-state index contributed by atoms with van der Waals surface area (Å²) in [7, 11) is 1.67. The van der Waals surface area contributed by atoms with E-state index >= 15 is 0 Å². The van der Waals surface area contributed by atoms with Crippen molar-refractivity contribution < 1.29 is 9.53 Å². The monoisotopic (exact) mass is 387 g/mol. The van der Waals surface area contributed by atoms with Crippen LogP contribution >= 0.6 is 11.6 Å². The van der Waals surface area contributed by atoms with Gasteiger partial charge in [0.05, 0.1) is 19.7 Å². The SMILES string of the molecule is COc1ccc(N2CCN(CC(=O)N[C@H](C)c3ccc(Cl)cc3)CC2)cc1. The molecule has 2 aromatic rings. The maximum Gasteiger partial charge on any atom is 0.234 e. The number of benzene rings is 2. The van der Waals surface area contributed by atoms with Gasteiger partial charge in [-0.15, -0.1) is 0 Å². The highest BCUT2D eigenvalue weighted by Gasteiger charge is 2.20. The molecule has 1 amide bonds. The van der Waals surface area contributed by atoms with Gasteiger partial charge in [-0.25, -0.2) is 0 Å². The van der Waals surface area contributed by atoms with Crippen LogP contribution in [-0.4, -0.2) is 50.6 Å². The van der Waals surface area contributed by atoms with Gasteiger partial charge >= 0.3 is 0 Å². The topological polar surface area (TPSA) is 44.8 Å². The number of hydrogen-bond donors (Lipinski definition) is 1. The van der Waals surface area contributed by atoms with Gasteiger partial charge in [-0.05, 0) is 48.9 Å². The van der Waals surface area contributed by atoms with Gasteiger partial charge in [-0.2, -0.15) is 0 Å². The molecule has 0 spiro atoms. The van der Waals surface area contributed by atoms with E-state index in [9.17, 15) is 4.79 Å². The molecule has 1 saturated heterocycles. The van der Waals surface area contributed by atoms with Crippen molar-refractivity contribution >= 4 is 23.2 Å². The molecule has 1 heterocycles. The Morgan fingerprint density at radius 1 is 1.07 bits per heavy atom. The fraction of sp³-hybridized carbons (Fsp3) is 0.381. The van der Waals surface area contributed by atoms with Crippen LogP contribution in [0.5, 0.6) is 5.75 Å². The van der Waals surface area contributed by atoms with Crippen molar-refractivity contribution in [2.75, 3.05) is 44.7 Å². The summed E-state index contributed by atoms with van der Waals surface area (Å²) >= 11 is 5.92. The molecular weight excluding hydrogens is 362 g/mol. The number of piperazine rings is 1. The quantitative estimate of drug-likeness (QED) is 0.825. The van der Waals surface area contributed by atoms with Crippen molar-refractivity contribution in [3.05, 3.63) is 59.1 Å². The summed E-state index contributed by atoms with van der Waals surface area (Å²) in [5.74, 6) is 0.916. The smallest absolute Gasteiger partial charge is 0.234 e. The lowest BCUT2D eigenvalue weighted by molar-refractivity contribution is -0.123. The number of carbonyl (C=O) groups is 1. The second kappa shape index (κ2) is 9.11. The minimum absolute atomic E-state index is 0.0321. The van der Waals surface area contributed by atoms with Crippen molar-refractivity contribution in [1.82, 2.24) is 10.2 Å². The first kappa shape index (κ1) is 19.5. The summed E-state index contributed by atoms with van der Waals surface area (Å²) in [6.07, 6.45) is 0. The first-order valence-electron chi connectivity index (χ1n) is 9.21. The van der Waals surface area contributed by atoms with E-state index in [4.69, 9.17) is 16.3 Å². The van der Waals surface area contributed by atoms with Crippen LogP contribution in [0, 0.1) is 0 Å². The highest BCUT2D eigenvalue weighted by atomic mass is 35.5. The van der Waals surface area contributed by atoms with Crippen LogP contribution in [-0.2, 0) is 4.79 Å². The molecular formula is C21H26ClN3O2. The van der Waals surface area contributed by atoms with Crippen LogP contribution < -0.4 is 15.0 Å². The molecule has 5 nitrogen and oxygen atoms in total. The minimum atomic E-state index is -0.0321. The summed E-state index contributed by atoms with van der Waals surface area (Å²) in [4.78, 5) is 16.9. The van der Waals surface area contributed by atoms with Gasteiger partial charge in [-0.1, -0.05) is 23.7 Å². The zero-order valence-electron chi connectivity index (χ0n) is 15.8. The molecule has 6 heteroatoms. The molecule has 1 atom stereocenters. The van der Waals surface area contributed by atoms with Crippen LogP contribution in [0.1, 0.15) is 18.5 Å². The first-order chi connectivity index (χ1) is 13.0. The molecule has 144 valence electrons. The third kappa shape index (κ3) is 5.37. The maximum atomic E-state index is 12.4. The molecule has 1 aliphatic rings. The number of rotatable bonds is 6. The molecule has 0 aliphatic carbocycles. The second-order valence-electron chi connectivity index (χ2n) is 6.80. The second-order valence-corrected chi connectivity index (χ2v) is 7.24. The van der Waals surface area contributed by atoms with E-state index in [2.05, 4.69) is 27.2 Å². The van der Waals surface area contributed by atoms with Gasteiger partial charge in [0.2, 0.25) is 5.91 Å². The maximum absolute atomic E-state index is 12.4. The Morgan fingerprint density at radius 2 is 1.70 bits per heavy atom. The van der Waals surface area contributed by atoms with Crippen molar-refractivity contribution in [2.24, 2.45) is 0 Å². The van der Waals surface area contributed by atoms with Crippen LogP contribution in [0.25, 0.3) is 0 Å². The molecule has 1 fully saturated rings. The molecule has 0 bridgehead atoms. The lowest BCUT2D eigenvalue weighted by atomic mass is 10.1. The molecule has 0 radical (unpaired) electrons. The van der Waals surface area contributed by atoms with E-state index in [0.29, 0.717) is 11.6 Å². The van der Waals surface area contributed by atoms with Crippen molar-refractivity contribution in [3.8, 4) is 5.75 Å². The van der Waals surface area contributed by atoms with Crippen LogP contribution in [0.4, 0.5) is 5.69 Å². The lowest BCUT2D eigenvalue weighted by Crippen LogP contribution is -2.49. The van der Waals surface area contributed by atoms with Gasteiger partial charge in [0.25, 0.3) is 0 Å². The van der Waals surface area contributed by atoms with Gasteiger partial charge in [0.15, 0.2) is 0 Å². The molecule has 27 heavy (non-hydrogen) atoms. The van der Waals surface area contributed by atoms with E-state index in [1.807, 2.05) is 43.3 Å². The number of methoxy groups -OCH3 is 1. The molecule has 0 aromatic heterocycles. The van der Waals surface area contributed by atoms with Crippen LogP contribution in [0.3, 0.4) is 0 Å². The highest BCUT2D eigenvalue weighted by Crippen LogP contribution is 2.20. The van der Waals surface area contributed by atoms with Crippen molar-refractivity contribution in [2.45, 2.75) is 13.0 Å². The van der Waals surface area contributed by atoms with Crippen LogP contribution in [0.2, 0.25) is 5.02 Å². The van der Waals surface area contributed by atoms with Gasteiger partial charge < -0.3 is 15.0 Å². The normalized spacial score (nSPS) is 16.0. The van der Waals surface area contributed by atoms with E-state index in [1.165, 1.54) is 5.69 Å². The van der Waals surface area contributed by atoms with Crippen molar-refractivity contribution in [1.29, 1.82) is 0 Å². The minimum Gasteiger partial charge on any atom is -0.497 e. The Balaban J connectivity index is 1.45. The summed E-state index contributed by atoms with van der Waals surface area (Å²) in [6, 6.07) is 15.7. The fourth-order valence-electron chi connectivity index (χ4n) is 3.28. The average Bonchev–Trinajstić information content (AvgIpc) is 2.69. The number of hydrogen-bond acceptors (Lipinski definition) is 4. The van der Waals surface area contributed by atoms with E-state index < -0.39 is 0 Å². The third-order valence-corrected chi connectivity index (χ3v) is 5.18. The predicted octanol–water partition coefficient (Wildman–Crippen LogP) is 3.35. The number of nitrogens with zero attached hydrogens (tertiary/aromatic N) is 2. The molecule has 1 aliphatic heterocycles. The van der Waals surface area contributed by atoms with E-state index in [0.717, 1.165) is 37.5 Å². The number of amides is 1.